The van der Waals surface area contributed by atoms with Crippen molar-refractivity contribution in [2.45, 2.75) is 32.2 Å². The van der Waals surface area contributed by atoms with Gasteiger partial charge in [-0.15, -0.1) is 0 Å². The van der Waals surface area contributed by atoms with Crippen molar-refractivity contribution in [3.05, 3.63) is 65.1 Å². The molecule has 32 heavy (non-hydrogen) atoms. The molecular formula is C20H16F5N3O4. The van der Waals surface area contributed by atoms with Crippen LogP contribution in [0.5, 0.6) is 5.75 Å². The quantitative estimate of drug-likeness (QED) is 0.529. The van der Waals surface area contributed by atoms with E-state index in [1.54, 1.807) is 0 Å². The summed E-state index contributed by atoms with van der Waals surface area (Å²) in [4.78, 5) is 27.9. The Bertz CT molecular complexity index is 1160. The predicted molar refractivity (Wildman–Crippen MR) is 100 cm³/mol. The van der Waals surface area contributed by atoms with Crippen molar-refractivity contribution in [3.8, 4) is 5.75 Å². The number of carbonyl (C=O) groups excluding carboxylic acids is 1. The van der Waals surface area contributed by atoms with E-state index in [-0.39, 0.29) is 28.3 Å². The van der Waals surface area contributed by atoms with Gasteiger partial charge in [0.1, 0.15) is 30.0 Å². The Morgan fingerprint density at radius 2 is 1.84 bits per heavy atom. The van der Waals surface area contributed by atoms with Crippen LogP contribution in [0.15, 0.2) is 36.5 Å². The van der Waals surface area contributed by atoms with Crippen LogP contribution in [0, 0.1) is 18.6 Å². The lowest BCUT2D eigenvalue weighted by molar-refractivity contribution is -0.157. The molecule has 2 heterocycles. The summed E-state index contributed by atoms with van der Waals surface area (Å²) >= 11 is 0. The molecule has 2 aromatic heterocycles. The van der Waals surface area contributed by atoms with E-state index in [9.17, 15) is 31.5 Å². The summed E-state index contributed by atoms with van der Waals surface area (Å²) in [6.45, 7) is 0.903. The van der Waals surface area contributed by atoms with E-state index >= 15 is 0 Å². The van der Waals surface area contributed by atoms with Crippen LogP contribution in [0.25, 0.3) is 5.65 Å². The Kier molecular flexibility index (Phi) is 6.32. The van der Waals surface area contributed by atoms with E-state index in [1.807, 2.05) is 5.32 Å². The first-order chi connectivity index (χ1) is 15.0. The van der Waals surface area contributed by atoms with Crippen molar-refractivity contribution in [1.29, 1.82) is 0 Å². The molecule has 7 nitrogen and oxygen atoms in total. The summed E-state index contributed by atoms with van der Waals surface area (Å²) < 4.78 is 72.2. The third-order valence-corrected chi connectivity index (χ3v) is 4.48. The maximum absolute atomic E-state index is 13.8. The average molecular weight is 457 g/mol. The summed E-state index contributed by atoms with van der Waals surface area (Å²) in [5.74, 6) is -4.54. The van der Waals surface area contributed by atoms with Crippen molar-refractivity contribution < 1.29 is 41.4 Å². The Morgan fingerprint density at radius 1 is 1.19 bits per heavy atom. The molecular weight excluding hydrogens is 441 g/mol. The van der Waals surface area contributed by atoms with E-state index in [0.29, 0.717) is 0 Å². The van der Waals surface area contributed by atoms with E-state index < -0.39 is 48.8 Å². The van der Waals surface area contributed by atoms with Gasteiger partial charge in [-0.1, -0.05) is 6.07 Å². The van der Waals surface area contributed by atoms with Crippen LogP contribution < -0.4 is 10.1 Å². The van der Waals surface area contributed by atoms with Gasteiger partial charge in [-0.3, -0.25) is 9.20 Å². The molecule has 0 radical (unpaired) electrons. The van der Waals surface area contributed by atoms with E-state index in [1.165, 1.54) is 35.7 Å². The molecule has 1 amide bonds. The first-order valence-electron chi connectivity index (χ1n) is 9.11. The molecule has 0 aliphatic rings. The molecule has 1 atom stereocenters. The summed E-state index contributed by atoms with van der Waals surface area (Å²) in [6, 6.07) is 3.96. The van der Waals surface area contributed by atoms with Gasteiger partial charge in [-0.05, 0) is 31.2 Å². The van der Waals surface area contributed by atoms with Crippen LogP contribution in [0.2, 0.25) is 0 Å². The highest BCUT2D eigenvalue weighted by molar-refractivity contribution is 5.97. The first kappa shape index (κ1) is 23.0. The second-order valence-corrected chi connectivity index (χ2v) is 6.78. The normalized spacial score (nSPS) is 12.6. The first-order valence-corrected chi connectivity index (χ1v) is 9.11. The lowest BCUT2D eigenvalue weighted by atomic mass is 10.2. The van der Waals surface area contributed by atoms with Crippen LogP contribution >= 0.6 is 0 Å². The number of nitrogens with one attached hydrogen (secondary N) is 1. The van der Waals surface area contributed by atoms with Crippen molar-refractivity contribution in [3.63, 3.8) is 0 Å². The SMILES string of the molecule is Cc1nc2c(OCc3c(F)cccc3F)cccn2c1C(=O)NC(CC(F)(F)F)C(=O)O. The second kappa shape index (κ2) is 8.81. The second-order valence-electron chi connectivity index (χ2n) is 6.78. The molecule has 3 aromatic rings. The number of pyridine rings is 1. The zero-order valence-electron chi connectivity index (χ0n) is 16.4. The molecule has 170 valence electrons. The highest BCUT2D eigenvalue weighted by atomic mass is 19.4. The average Bonchev–Trinajstić information content (AvgIpc) is 3.02. The van der Waals surface area contributed by atoms with Gasteiger partial charge in [0.2, 0.25) is 0 Å². The molecule has 1 aromatic carbocycles. The van der Waals surface area contributed by atoms with Gasteiger partial charge < -0.3 is 15.2 Å². The minimum atomic E-state index is -4.81. The molecule has 0 bridgehead atoms. The van der Waals surface area contributed by atoms with Crippen molar-refractivity contribution in [2.75, 3.05) is 0 Å². The Labute approximate surface area is 177 Å². The number of amides is 1. The highest BCUT2D eigenvalue weighted by Gasteiger charge is 2.37. The molecule has 12 heteroatoms. The maximum atomic E-state index is 13.8. The lowest BCUT2D eigenvalue weighted by Crippen LogP contribution is -2.44. The fourth-order valence-electron chi connectivity index (χ4n) is 3.02. The number of alkyl halides is 3. The number of hydrogen-bond acceptors (Lipinski definition) is 4. The zero-order chi connectivity index (χ0) is 23.6. The Hall–Kier alpha value is -3.70. The standard InChI is InChI=1S/C20H16F5N3O4/c1-10-16(18(29)27-14(19(30)31)8-20(23,24)25)28-7-3-6-15(17(28)26-10)32-9-11-12(21)4-2-5-13(11)22/h2-7,14H,8-9H2,1H3,(H,27,29)(H,30,31). The molecule has 0 saturated carbocycles. The number of rotatable bonds is 7. The van der Waals surface area contributed by atoms with Gasteiger partial charge in [0.25, 0.3) is 5.91 Å². The lowest BCUT2D eigenvalue weighted by Gasteiger charge is -2.16. The van der Waals surface area contributed by atoms with Gasteiger partial charge >= 0.3 is 12.1 Å². The van der Waals surface area contributed by atoms with Crippen LogP contribution in [0.1, 0.15) is 28.2 Å². The number of aryl methyl sites for hydroxylation is 1. The molecule has 2 N–H and O–H groups in total. The van der Waals surface area contributed by atoms with Gasteiger partial charge in [-0.25, -0.2) is 18.6 Å². The van der Waals surface area contributed by atoms with Gasteiger partial charge in [-0.2, -0.15) is 13.2 Å². The molecule has 1 unspecified atom stereocenters. The number of carboxylic acids is 1. The zero-order valence-corrected chi connectivity index (χ0v) is 16.4. The number of fused-ring (bicyclic) bond motifs is 1. The number of carboxylic acid groups (broad SMARTS) is 1. The summed E-state index contributed by atoms with van der Waals surface area (Å²) in [7, 11) is 0. The monoisotopic (exact) mass is 457 g/mol. The van der Waals surface area contributed by atoms with Crippen molar-refractivity contribution in [1.82, 2.24) is 14.7 Å². The number of halogens is 5. The van der Waals surface area contributed by atoms with Crippen LogP contribution in [-0.4, -0.2) is 38.6 Å². The summed E-state index contributed by atoms with van der Waals surface area (Å²) in [6.07, 6.45) is -5.21. The summed E-state index contributed by atoms with van der Waals surface area (Å²) in [5, 5.41) is 10.9. The number of benzene rings is 1. The smallest absolute Gasteiger partial charge is 0.391 e. The molecule has 0 spiro atoms. The Balaban J connectivity index is 1.89. The third kappa shape index (κ3) is 4.95. The number of aliphatic carboxylic acids is 1. The molecule has 0 saturated heterocycles. The minimum absolute atomic E-state index is 0.0439. The maximum Gasteiger partial charge on any atom is 0.391 e. The predicted octanol–water partition coefficient (Wildman–Crippen LogP) is 3.64. The van der Waals surface area contributed by atoms with Crippen LogP contribution in [0.4, 0.5) is 22.0 Å². The number of imidazole rings is 1. The number of carbonyl (C=O) groups is 2. The van der Waals surface area contributed by atoms with E-state index in [4.69, 9.17) is 9.84 Å². The third-order valence-electron chi connectivity index (χ3n) is 4.48. The van der Waals surface area contributed by atoms with Crippen LogP contribution in [0.3, 0.4) is 0 Å². The Morgan fingerprint density at radius 3 is 2.44 bits per heavy atom. The van der Waals surface area contributed by atoms with Gasteiger partial charge in [0.05, 0.1) is 17.7 Å². The minimum Gasteiger partial charge on any atom is -0.485 e. The molecule has 3 rings (SSSR count). The van der Waals surface area contributed by atoms with E-state index in [2.05, 4.69) is 4.98 Å². The fraction of sp³-hybridized carbons (Fsp3) is 0.250. The van der Waals surface area contributed by atoms with Crippen molar-refractivity contribution in [2.24, 2.45) is 0 Å². The number of aromatic nitrogens is 2. The van der Waals surface area contributed by atoms with E-state index in [0.717, 1.165) is 12.1 Å². The molecule has 0 aliphatic carbocycles. The van der Waals surface area contributed by atoms with Gasteiger partial charge in [0.15, 0.2) is 11.4 Å². The van der Waals surface area contributed by atoms with Crippen molar-refractivity contribution >= 4 is 17.5 Å². The fourth-order valence-corrected chi connectivity index (χ4v) is 3.02. The summed E-state index contributed by atoms with van der Waals surface area (Å²) in [5.41, 5.74) is -0.412. The highest BCUT2D eigenvalue weighted by Crippen LogP contribution is 2.25. The molecule has 0 fully saturated rings. The van der Waals surface area contributed by atoms with Crippen LogP contribution in [-0.2, 0) is 11.4 Å². The number of ether oxygens (including phenoxy) is 1. The topological polar surface area (TPSA) is 92.9 Å². The largest absolute Gasteiger partial charge is 0.485 e. The number of hydrogen-bond donors (Lipinski definition) is 2. The molecule has 0 aliphatic heterocycles. The number of nitrogens with zero attached hydrogens (tertiary/aromatic N) is 2. The van der Waals surface area contributed by atoms with Gasteiger partial charge in [0, 0.05) is 6.20 Å².